The van der Waals surface area contributed by atoms with Crippen molar-refractivity contribution in [2.24, 2.45) is 0 Å². The van der Waals surface area contributed by atoms with Crippen LogP contribution in [0.2, 0.25) is 0 Å². The molecule has 6 nitrogen and oxygen atoms in total. The molecule has 0 aliphatic heterocycles. The van der Waals surface area contributed by atoms with Gasteiger partial charge in [-0.3, -0.25) is 9.52 Å². The number of rotatable bonds is 7. The molecule has 156 valence electrons. The molecule has 0 saturated carbocycles. The number of halogens is 1. The van der Waals surface area contributed by atoms with Crippen LogP contribution in [0.3, 0.4) is 0 Å². The molecule has 0 saturated heterocycles. The SMILES string of the molecule is CCOc1ccc(NS(=O)(=O)c2ccc(NC(=O)c3ccc(C)c(I)c3)cc2)cc1. The summed E-state index contributed by atoms with van der Waals surface area (Å²) in [5.41, 5.74) is 2.58. The van der Waals surface area contributed by atoms with Gasteiger partial charge in [0.1, 0.15) is 5.75 Å². The first kappa shape index (κ1) is 22.1. The van der Waals surface area contributed by atoms with Crippen LogP contribution in [0.15, 0.2) is 71.6 Å². The second kappa shape index (κ2) is 9.48. The predicted molar refractivity (Wildman–Crippen MR) is 127 cm³/mol. The number of nitrogens with one attached hydrogen (secondary N) is 2. The number of amides is 1. The van der Waals surface area contributed by atoms with Crippen molar-refractivity contribution in [1.82, 2.24) is 0 Å². The van der Waals surface area contributed by atoms with Crippen LogP contribution in [0, 0.1) is 10.5 Å². The summed E-state index contributed by atoms with van der Waals surface area (Å²) in [6, 6.07) is 18.2. The summed E-state index contributed by atoms with van der Waals surface area (Å²) in [7, 11) is -3.75. The van der Waals surface area contributed by atoms with Gasteiger partial charge in [-0.1, -0.05) is 6.07 Å². The lowest BCUT2D eigenvalue weighted by Crippen LogP contribution is -2.14. The third-order valence-corrected chi connectivity index (χ3v) is 6.83. The Morgan fingerprint density at radius 2 is 1.60 bits per heavy atom. The predicted octanol–water partition coefficient (Wildman–Crippen LogP) is 5.05. The van der Waals surface area contributed by atoms with Crippen molar-refractivity contribution in [3.63, 3.8) is 0 Å². The van der Waals surface area contributed by atoms with Crippen molar-refractivity contribution in [2.75, 3.05) is 16.6 Å². The van der Waals surface area contributed by atoms with E-state index in [2.05, 4.69) is 32.6 Å². The number of hydrogen-bond acceptors (Lipinski definition) is 4. The maximum Gasteiger partial charge on any atom is 0.261 e. The van der Waals surface area contributed by atoms with Gasteiger partial charge in [0, 0.05) is 20.5 Å². The van der Waals surface area contributed by atoms with Crippen LogP contribution in [0.5, 0.6) is 5.75 Å². The largest absolute Gasteiger partial charge is 0.494 e. The molecule has 0 atom stereocenters. The van der Waals surface area contributed by atoms with Gasteiger partial charge in [-0.15, -0.1) is 0 Å². The summed E-state index contributed by atoms with van der Waals surface area (Å²) in [6.45, 7) is 4.39. The Labute approximate surface area is 189 Å². The van der Waals surface area contributed by atoms with E-state index >= 15 is 0 Å². The van der Waals surface area contributed by atoms with Gasteiger partial charge in [0.2, 0.25) is 0 Å². The van der Waals surface area contributed by atoms with Crippen LogP contribution in [0.25, 0.3) is 0 Å². The van der Waals surface area contributed by atoms with Crippen LogP contribution < -0.4 is 14.8 Å². The van der Waals surface area contributed by atoms with Gasteiger partial charge in [-0.2, -0.15) is 0 Å². The van der Waals surface area contributed by atoms with E-state index in [4.69, 9.17) is 4.74 Å². The summed E-state index contributed by atoms with van der Waals surface area (Å²) in [6.07, 6.45) is 0. The smallest absolute Gasteiger partial charge is 0.261 e. The fraction of sp³-hybridized carbons (Fsp3) is 0.136. The van der Waals surface area contributed by atoms with Gasteiger partial charge in [-0.05, 0) is 103 Å². The Bertz CT molecular complexity index is 1140. The summed E-state index contributed by atoms with van der Waals surface area (Å²) < 4.78 is 34.1. The highest BCUT2D eigenvalue weighted by Crippen LogP contribution is 2.21. The monoisotopic (exact) mass is 536 g/mol. The van der Waals surface area contributed by atoms with Crippen molar-refractivity contribution in [1.29, 1.82) is 0 Å². The molecule has 0 unspecified atom stereocenters. The fourth-order valence-corrected chi connectivity index (χ4v) is 4.23. The Morgan fingerprint density at radius 1 is 0.967 bits per heavy atom. The van der Waals surface area contributed by atoms with Gasteiger partial charge >= 0.3 is 0 Å². The molecule has 1 amide bonds. The molecule has 3 rings (SSSR count). The lowest BCUT2D eigenvalue weighted by atomic mass is 10.1. The molecule has 3 aromatic carbocycles. The maximum absolute atomic E-state index is 12.6. The molecule has 30 heavy (non-hydrogen) atoms. The molecular formula is C22H21IN2O4S. The van der Waals surface area contributed by atoms with E-state index < -0.39 is 10.0 Å². The Hall–Kier alpha value is -2.59. The highest BCUT2D eigenvalue weighted by Gasteiger charge is 2.15. The number of aryl methyl sites for hydroxylation is 1. The molecule has 2 N–H and O–H groups in total. The highest BCUT2D eigenvalue weighted by atomic mass is 127. The van der Waals surface area contributed by atoms with E-state index in [1.807, 2.05) is 26.0 Å². The number of hydrogen-bond donors (Lipinski definition) is 2. The molecule has 0 radical (unpaired) electrons. The first-order valence-electron chi connectivity index (χ1n) is 9.22. The molecule has 0 aromatic heterocycles. The normalized spacial score (nSPS) is 11.0. The lowest BCUT2D eigenvalue weighted by Gasteiger charge is -2.10. The third-order valence-electron chi connectivity index (χ3n) is 4.27. The van der Waals surface area contributed by atoms with E-state index in [9.17, 15) is 13.2 Å². The third kappa shape index (κ3) is 5.51. The van der Waals surface area contributed by atoms with Crippen LogP contribution in [-0.4, -0.2) is 20.9 Å². The van der Waals surface area contributed by atoms with Crippen molar-refractivity contribution in [3.8, 4) is 5.75 Å². The molecule has 0 fully saturated rings. The average Bonchev–Trinajstić information content (AvgIpc) is 2.72. The van der Waals surface area contributed by atoms with Crippen LogP contribution >= 0.6 is 22.6 Å². The maximum atomic E-state index is 12.6. The minimum atomic E-state index is -3.75. The Morgan fingerprint density at radius 3 is 2.20 bits per heavy atom. The van der Waals surface area contributed by atoms with Crippen LogP contribution in [-0.2, 0) is 10.0 Å². The number of benzene rings is 3. The number of carbonyl (C=O) groups is 1. The van der Waals surface area contributed by atoms with Crippen LogP contribution in [0.1, 0.15) is 22.8 Å². The minimum Gasteiger partial charge on any atom is -0.494 e. The standard InChI is InChI=1S/C22H21IN2O4S/c1-3-29-19-10-6-18(7-11-19)25-30(27,28)20-12-8-17(9-13-20)24-22(26)16-5-4-15(2)21(23)14-16/h4-14,25H,3H2,1-2H3,(H,24,26). The first-order valence-corrected chi connectivity index (χ1v) is 11.8. The highest BCUT2D eigenvalue weighted by molar-refractivity contribution is 14.1. The first-order chi connectivity index (χ1) is 14.3. The molecule has 0 aliphatic rings. The van der Waals surface area contributed by atoms with Crippen molar-refractivity contribution < 1.29 is 17.9 Å². The molecule has 0 aliphatic carbocycles. The van der Waals surface area contributed by atoms with Crippen molar-refractivity contribution in [3.05, 3.63) is 81.4 Å². The van der Waals surface area contributed by atoms with E-state index in [1.54, 1.807) is 42.5 Å². The van der Waals surface area contributed by atoms with Crippen molar-refractivity contribution >= 4 is 49.9 Å². The Balaban J connectivity index is 1.69. The molecular weight excluding hydrogens is 515 g/mol. The quantitative estimate of drug-likeness (QED) is 0.414. The van der Waals surface area contributed by atoms with Gasteiger partial charge in [0.25, 0.3) is 15.9 Å². The second-order valence-corrected chi connectivity index (χ2v) is 9.35. The second-order valence-electron chi connectivity index (χ2n) is 6.51. The van der Waals surface area contributed by atoms with Crippen LogP contribution in [0.4, 0.5) is 11.4 Å². The minimum absolute atomic E-state index is 0.0965. The molecule has 0 spiro atoms. The number of anilines is 2. The zero-order valence-electron chi connectivity index (χ0n) is 16.5. The van der Waals surface area contributed by atoms with Gasteiger partial charge in [-0.25, -0.2) is 8.42 Å². The summed E-state index contributed by atoms with van der Waals surface area (Å²) in [4.78, 5) is 12.5. The summed E-state index contributed by atoms with van der Waals surface area (Å²) in [5.74, 6) is 0.417. The average molecular weight is 536 g/mol. The van der Waals surface area contributed by atoms with Gasteiger partial charge < -0.3 is 10.1 Å². The molecule has 0 bridgehead atoms. The fourth-order valence-electron chi connectivity index (χ4n) is 2.65. The van der Waals surface area contributed by atoms with Gasteiger partial charge in [0.05, 0.1) is 11.5 Å². The summed E-state index contributed by atoms with van der Waals surface area (Å²) in [5, 5.41) is 2.78. The zero-order valence-corrected chi connectivity index (χ0v) is 19.5. The summed E-state index contributed by atoms with van der Waals surface area (Å²) >= 11 is 2.18. The van der Waals surface area contributed by atoms with E-state index in [1.165, 1.54) is 12.1 Å². The Kier molecular flexibility index (Phi) is 6.99. The molecule has 8 heteroatoms. The number of ether oxygens (including phenoxy) is 1. The van der Waals surface area contributed by atoms with E-state index in [0.717, 1.165) is 9.13 Å². The number of sulfonamides is 1. The number of carbonyl (C=O) groups excluding carboxylic acids is 1. The molecule has 0 heterocycles. The lowest BCUT2D eigenvalue weighted by molar-refractivity contribution is 0.102. The topological polar surface area (TPSA) is 84.5 Å². The van der Waals surface area contributed by atoms with E-state index in [0.29, 0.717) is 29.3 Å². The van der Waals surface area contributed by atoms with Gasteiger partial charge in [0.15, 0.2) is 0 Å². The zero-order chi connectivity index (χ0) is 21.7. The van der Waals surface area contributed by atoms with Crippen molar-refractivity contribution in [2.45, 2.75) is 18.7 Å². The van der Waals surface area contributed by atoms with E-state index in [-0.39, 0.29) is 10.8 Å². The molecule has 3 aromatic rings.